The summed E-state index contributed by atoms with van der Waals surface area (Å²) in [5.74, 6) is 2.07. The van der Waals surface area contributed by atoms with Crippen molar-refractivity contribution in [2.75, 3.05) is 43.9 Å². The van der Waals surface area contributed by atoms with Gasteiger partial charge in [0.15, 0.2) is 0 Å². The van der Waals surface area contributed by atoms with Crippen LogP contribution in [0.2, 0.25) is 0 Å². The molecule has 2 rings (SSSR count). The summed E-state index contributed by atoms with van der Waals surface area (Å²) in [6.07, 6.45) is 2.53. The Balaban J connectivity index is 2.08. The minimum atomic E-state index is 0.642. The third-order valence-corrected chi connectivity index (χ3v) is 3.54. The van der Waals surface area contributed by atoms with E-state index in [1.54, 1.807) is 0 Å². The minimum absolute atomic E-state index is 0.642. The summed E-state index contributed by atoms with van der Waals surface area (Å²) in [5.41, 5.74) is 0. The highest BCUT2D eigenvalue weighted by Gasteiger charge is 2.22. The van der Waals surface area contributed by atoms with Crippen molar-refractivity contribution in [3.8, 4) is 0 Å². The molecule has 1 N–H and O–H groups in total. The molecule has 4 nitrogen and oxygen atoms in total. The lowest BCUT2D eigenvalue weighted by Crippen LogP contribution is -2.45. The van der Waals surface area contributed by atoms with Crippen LogP contribution < -0.4 is 10.2 Å². The molecular weight excluding hydrogens is 224 g/mol. The summed E-state index contributed by atoms with van der Waals surface area (Å²) in [6.45, 7) is 5.20. The molecule has 0 spiro atoms. The van der Waals surface area contributed by atoms with Gasteiger partial charge < -0.3 is 15.1 Å². The van der Waals surface area contributed by atoms with Crippen LogP contribution in [0.15, 0.2) is 18.2 Å². The highest BCUT2D eigenvalue weighted by molar-refractivity contribution is 5.47. The number of pyridine rings is 1. The molecule has 1 unspecified atom stereocenters. The lowest BCUT2D eigenvalue weighted by Gasteiger charge is -2.36. The number of nitrogens with zero attached hydrogens (tertiary/aromatic N) is 3. The van der Waals surface area contributed by atoms with Crippen LogP contribution in [-0.4, -0.2) is 49.7 Å². The van der Waals surface area contributed by atoms with E-state index < -0.39 is 0 Å². The number of nitrogens with one attached hydrogen (secondary N) is 1. The Morgan fingerprint density at radius 2 is 2.28 bits per heavy atom. The largest absolute Gasteiger partial charge is 0.370 e. The molecule has 1 aliphatic heterocycles. The highest BCUT2D eigenvalue weighted by atomic mass is 15.2. The molecule has 0 bridgehead atoms. The smallest absolute Gasteiger partial charge is 0.131 e. The molecule has 2 heterocycles. The van der Waals surface area contributed by atoms with Crippen LogP contribution >= 0.6 is 0 Å². The zero-order chi connectivity index (χ0) is 13.0. The highest BCUT2D eigenvalue weighted by Crippen LogP contribution is 2.21. The standard InChI is InChI=1S/C14H24N4/c1-4-15-13-8-5-9-14(16-13)18-10-6-7-12(11-18)17(2)3/h5,8-9,12H,4,6-7,10-11H2,1-3H3,(H,15,16). The fourth-order valence-corrected chi connectivity index (χ4v) is 2.46. The van der Waals surface area contributed by atoms with Crippen molar-refractivity contribution < 1.29 is 0 Å². The average molecular weight is 248 g/mol. The summed E-state index contributed by atoms with van der Waals surface area (Å²) >= 11 is 0. The Bertz CT molecular complexity index is 378. The maximum atomic E-state index is 4.68. The topological polar surface area (TPSA) is 31.4 Å². The van der Waals surface area contributed by atoms with E-state index in [1.807, 2.05) is 6.07 Å². The third-order valence-electron chi connectivity index (χ3n) is 3.54. The molecule has 1 saturated heterocycles. The van der Waals surface area contributed by atoms with E-state index in [2.05, 4.69) is 53.3 Å². The van der Waals surface area contributed by atoms with Crippen LogP contribution in [0.1, 0.15) is 19.8 Å². The van der Waals surface area contributed by atoms with Gasteiger partial charge in [-0.1, -0.05) is 6.07 Å². The zero-order valence-electron chi connectivity index (χ0n) is 11.7. The average Bonchev–Trinajstić information content (AvgIpc) is 2.39. The van der Waals surface area contributed by atoms with E-state index in [-0.39, 0.29) is 0 Å². The Morgan fingerprint density at radius 3 is 3.00 bits per heavy atom. The second-order valence-electron chi connectivity index (χ2n) is 5.12. The number of aromatic nitrogens is 1. The molecule has 100 valence electrons. The van der Waals surface area contributed by atoms with Crippen molar-refractivity contribution in [2.24, 2.45) is 0 Å². The summed E-state index contributed by atoms with van der Waals surface area (Å²) in [5, 5.41) is 3.27. The second-order valence-corrected chi connectivity index (χ2v) is 5.12. The van der Waals surface area contributed by atoms with Crippen molar-refractivity contribution in [1.29, 1.82) is 0 Å². The Kier molecular flexibility index (Phi) is 4.42. The van der Waals surface area contributed by atoms with Crippen LogP contribution in [-0.2, 0) is 0 Å². The second kappa shape index (κ2) is 6.05. The first-order valence-corrected chi connectivity index (χ1v) is 6.83. The summed E-state index contributed by atoms with van der Waals surface area (Å²) in [4.78, 5) is 9.39. The van der Waals surface area contributed by atoms with Gasteiger partial charge in [-0.3, -0.25) is 0 Å². The molecule has 0 saturated carbocycles. The molecular formula is C14H24N4. The molecule has 4 heteroatoms. The first-order chi connectivity index (χ1) is 8.70. The molecule has 1 aromatic heterocycles. The van der Waals surface area contributed by atoms with Crippen LogP contribution in [0.3, 0.4) is 0 Å². The van der Waals surface area contributed by atoms with Crippen LogP contribution in [0.25, 0.3) is 0 Å². The fraction of sp³-hybridized carbons (Fsp3) is 0.643. The van der Waals surface area contributed by atoms with Gasteiger partial charge in [0.1, 0.15) is 11.6 Å². The van der Waals surface area contributed by atoms with Crippen molar-refractivity contribution in [1.82, 2.24) is 9.88 Å². The van der Waals surface area contributed by atoms with E-state index in [1.165, 1.54) is 12.8 Å². The number of hydrogen-bond acceptors (Lipinski definition) is 4. The van der Waals surface area contributed by atoms with Crippen LogP contribution in [0, 0.1) is 0 Å². The Morgan fingerprint density at radius 1 is 1.44 bits per heavy atom. The molecule has 1 aromatic rings. The van der Waals surface area contributed by atoms with E-state index in [0.29, 0.717) is 6.04 Å². The minimum Gasteiger partial charge on any atom is -0.370 e. The summed E-state index contributed by atoms with van der Waals surface area (Å²) in [7, 11) is 4.33. The fourth-order valence-electron chi connectivity index (χ4n) is 2.46. The van der Waals surface area contributed by atoms with Gasteiger partial charge in [-0.15, -0.1) is 0 Å². The molecule has 18 heavy (non-hydrogen) atoms. The predicted octanol–water partition coefficient (Wildman–Crippen LogP) is 2.04. The van der Waals surface area contributed by atoms with Gasteiger partial charge in [-0.25, -0.2) is 4.98 Å². The van der Waals surface area contributed by atoms with Crippen molar-refractivity contribution in [3.05, 3.63) is 18.2 Å². The first-order valence-electron chi connectivity index (χ1n) is 6.83. The molecule has 1 aliphatic rings. The monoisotopic (exact) mass is 248 g/mol. The van der Waals surface area contributed by atoms with Gasteiger partial charge in [0.05, 0.1) is 0 Å². The van der Waals surface area contributed by atoms with Gasteiger partial charge in [0.25, 0.3) is 0 Å². The molecule has 0 amide bonds. The first kappa shape index (κ1) is 13.1. The Hall–Kier alpha value is -1.29. The molecule has 1 atom stereocenters. The Labute approximate surface area is 110 Å². The number of rotatable bonds is 4. The summed E-state index contributed by atoms with van der Waals surface area (Å²) < 4.78 is 0. The van der Waals surface area contributed by atoms with Crippen LogP contribution in [0.4, 0.5) is 11.6 Å². The van der Waals surface area contributed by atoms with Crippen molar-refractivity contribution >= 4 is 11.6 Å². The number of hydrogen-bond donors (Lipinski definition) is 1. The van der Waals surface area contributed by atoms with Crippen LogP contribution in [0.5, 0.6) is 0 Å². The van der Waals surface area contributed by atoms with E-state index in [0.717, 1.165) is 31.3 Å². The van der Waals surface area contributed by atoms with Gasteiger partial charge in [0.2, 0.25) is 0 Å². The van der Waals surface area contributed by atoms with E-state index >= 15 is 0 Å². The normalized spacial score (nSPS) is 20.2. The van der Waals surface area contributed by atoms with Gasteiger partial charge in [-0.2, -0.15) is 0 Å². The van der Waals surface area contributed by atoms with E-state index in [9.17, 15) is 0 Å². The maximum absolute atomic E-state index is 4.68. The number of likely N-dealkylation sites (N-methyl/N-ethyl adjacent to an activating group) is 1. The predicted molar refractivity (Wildman–Crippen MR) is 77.3 cm³/mol. The molecule has 0 radical (unpaired) electrons. The number of anilines is 2. The third kappa shape index (κ3) is 3.13. The number of piperidine rings is 1. The van der Waals surface area contributed by atoms with Crippen molar-refractivity contribution in [2.45, 2.75) is 25.8 Å². The zero-order valence-corrected chi connectivity index (χ0v) is 11.7. The molecule has 0 aromatic carbocycles. The van der Waals surface area contributed by atoms with Gasteiger partial charge >= 0.3 is 0 Å². The quantitative estimate of drug-likeness (QED) is 0.883. The van der Waals surface area contributed by atoms with Crippen molar-refractivity contribution in [3.63, 3.8) is 0 Å². The van der Waals surface area contributed by atoms with E-state index in [4.69, 9.17) is 0 Å². The SMILES string of the molecule is CCNc1cccc(N2CCCC(N(C)C)C2)n1. The lowest BCUT2D eigenvalue weighted by molar-refractivity contribution is 0.257. The molecule has 0 aliphatic carbocycles. The lowest BCUT2D eigenvalue weighted by atomic mass is 10.1. The van der Waals surface area contributed by atoms with Gasteiger partial charge in [0, 0.05) is 25.7 Å². The van der Waals surface area contributed by atoms with Gasteiger partial charge in [-0.05, 0) is 46.0 Å². The summed E-state index contributed by atoms with van der Waals surface area (Å²) in [6, 6.07) is 6.86. The molecule has 1 fully saturated rings. The maximum Gasteiger partial charge on any atom is 0.131 e.